The van der Waals surface area contributed by atoms with Crippen molar-refractivity contribution in [3.8, 4) is 23.0 Å². The molecule has 0 bridgehead atoms. The Hall–Kier alpha value is -3.77. The first-order valence-electron chi connectivity index (χ1n) is 12.0. The zero-order chi connectivity index (χ0) is 26.7. The monoisotopic (exact) mass is 520 g/mol. The molecule has 4 rings (SSSR count). The fourth-order valence-corrected chi connectivity index (χ4v) is 4.80. The topological polar surface area (TPSA) is 71.1 Å². The highest BCUT2D eigenvalue weighted by atomic mass is 35.5. The second-order valence-electron chi connectivity index (χ2n) is 8.96. The number of methoxy groups -OCH3 is 2. The van der Waals surface area contributed by atoms with E-state index in [-0.39, 0.29) is 23.0 Å². The van der Waals surface area contributed by atoms with Gasteiger partial charge in [0, 0.05) is 15.8 Å². The Morgan fingerprint density at radius 1 is 0.892 bits per heavy atom. The number of rotatable bonds is 7. The number of aryl methyl sites for hydroxylation is 2. The van der Waals surface area contributed by atoms with E-state index in [1.54, 1.807) is 18.2 Å². The summed E-state index contributed by atoms with van der Waals surface area (Å²) in [6, 6.07) is 10.6. The summed E-state index contributed by atoms with van der Waals surface area (Å²) >= 11 is 6.35. The quantitative estimate of drug-likeness (QED) is 0.243. The van der Waals surface area contributed by atoms with Crippen LogP contribution < -0.4 is 18.9 Å². The van der Waals surface area contributed by atoms with Gasteiger partial charge in [-0.05, 0) is 56.0 Å². The van der Waals surface area contributed by atoms with Crippen LogP contribution in [0.1, 0.15) is 41.3 Å². The molecule has 0 radical (unpaired) electrons. The summed E-state index contributed by atoms with van der Waals surface area (Å²) in [4.78, 5) is 26.9. The van der Waals surface area contributed by atoms with Crippen LogP contribution in [-0.4, -0.2) is 26.2 Å². The minimum atomic E-state index is -0.814. The number of carbonyl (C=O) groups excluding carboxylic acids is 2. The second-order valence-corrected chi connectivity index (χ2v) is 9.40. The van der Waals surface area contributed by atoms with Gasteiger partial charge in [-0.25, -0.2) is 4.79 Å². The van der Waals surface area contributed by atoms with Gasteiger partial charge in [0.25, 0.3) is 0 Å². The van der Waals surface area contributed by atoms with E-state index in [2.05, 4.69) is 0 Å². The van der Waals surface area contributed by atoms with Crippen molar-refractivity contribution in [2.75, 3.05) is 14.2 Å². The molecule has 0 N–H and O–H groups in total. The van der Waals surface area contributed by atoms with Crippen molar-refractivity contribution in [3.05, 3.63) is 82.4 Å². The molecule has 0 spiro atoms. The van der Waals surface area contributed by atoms with E-state index < -0.39 is 17.4 Å². The highest BCUT2D eigenvalue weighted by Gasteiger charge is 2.38. The Morgan fingerprint density at radius 3 is 2.11 bits per heavy atom. The molecule has 7 heteroatoms. The van der Waals surface area contributed by atoms with Crippen LogP contribution >= 0.6 is 11.6 Å². The zero-order valence-electron chi connectivity index (χ0n) is 21.5. The molecular formula is C30H29ClO6. The lowest BCUT2D eigenvalue weighted by molar-refractivity contribution is -0.143. The Kier molecular flexibility index (Phi) is 7.60. The minimum Gasteiger partial charge on any atom is -0.490 e. The van der Waals surface area contributed by atoms with E-state index in [0.29, 0.717) is 34.2 Å². The third-order valence-corrected chi connectivity index (χ3v) is 6.99. The molecule has 1 unspecified atom stereocenters. The molecule has 0 aromatic heterocycles. The maximum atomic E-state index is 13.5. The predicted octanol–water partition coefficient (Wildman–Crippen LogP) is 7.16. The average molecular weight is 521 g/mol. The number of hydrogen-bond acceptors (Lipinski definition) is 6. The lowest BCUT2D eigenvalue weighted by Gasteiger charge is -2.28. The first-order chi connectivity index (χ1) is 17.8. The third-order valence-electron chi connectivity index (χ3n) is 6.75. The molecule has 6 nitrogen and oxygen atoms in total. The molecule has 3 aromatic rings. The number of halogens is 1. The van der Waals surface area contributed by atoms with Crippen molar-refractivity contribution < 1.29 is 28.5 Å². The van der Waals surface area contributed by atoms with Gasteiger partial charge in [0.2, 0.25) is 11.5 Å². The van der Waals surface area contributed by atoms with Crippen LogP contribution in [0.25, 0.3) is 10.8 Å². The van der Waals surface area contributed by atoms with E-state index >= 15 is 0 Å². The highest BCUT2D eigenvalue weighted by Crippen LogP contribution is 2.52. The van der Waals surface area contributed by atoms with Gasteiger partial charge in [0.1, 0.15) is 0 Å². The largest absolute Gasteiger partial charge is 0.490 e. The summed E-state index contributed by atoms with van der Waals surface area (Å²) < 4.78 is 23.3. The first-order valence-corrected chi connectivity index (χ1v) is 12.4. The van der Waals surface area contributed by atoms with Gasteiger partial charge < -0.3 is 18.9 Å². The van der Waals surface area contributed by atoms with E-state index in [9.17, 15) is 9.59 Å². The van der Waals surface area contributed by atoms with Crippen molar-refractivity contribution in [2.24, 2.45) is 5.41 Å². The van der Waals surface area contributed by atoms with Crippen LogP contribution in [0.15, 0.2) is 60.7 Å². The molecule has 0 amide bonds. The van der Waals surface area contributed by atoms with Crippen molar-refractivity contribution >= 4 is 34.3 Å². The van der Waals surface area contributed by atoms with E-state index in [4.69, 9.17) is 30.5 Å². The van der Waals surface area contributed by atoms with Gasteiger partial charge in [-0.1, -0.05) is 61.0 Å². The summed E-state index contributed by atoms with van der Waals surface area (Å²) in [6.07, 6.45) is 8.61. The van der Waals surface area contributed by atoms with Gasteiger partial charge in [-0.2, -0.15) is 0 Å². The van der Waals surface area contributed by atoms with Crippen molar-refractivity contribution in [2.45, 2.75) is 33.6 Å². The lowest BCUT2D eigenvalue weighted by atomic mass is 9.79. The molecule has 0 heterocycles. The fourth-order valence-electron chi connectivity index (χ4n) is 4.62. The summed E-state index contributed by atoms with van der Waals surface area (Å²) in [5, 5.41) is 1.34. The highest BCUT2D eigenvalue weighted by molar-refractivity contribution is 6.31. The summed E-state index contributed by atoms with van der Waals surface area (Å²) in [5.74, 6) is -0.437. The smallest absolute Gasteiger partial charge is 0.344 e. The molecule has 0 saturated heterocycles. The second kappa shape index (κ2) is 10.7. The van der Waals surface area contributed by atoms with Gasteiger partial charge in [0.15, 0.2) is 11.5 Å². The van der Waals surface area contributed by atoms with Crippen LogP contribution in [-0.2, 0) is 4.79 Å². The SMILES string of the molecule is CCC1(C(=O)Oc2c(OC)c(OC)c(OC(=O)c3c(C)cccc3C)c3ccc(Cl)cc23)C=CC=CC1. The number of benzene rings is 3. The molecule has 0 aliphatic heterocycles. The normalized spacial score (nSPS) is 16.5. The molecular weight excluding hydrogens is 492 g/mol. The third kappa shape index (κ3) is 4.81. The summed E-state index contributed by atoms with van der Waals surface area (Å²) in [5.41, 5.74) is 1.22. The Bertz CT molecular complexity index is 1420. The molecule has 1 aliphatic carbocycles. The summed E-state index contributed by atoms with van der Waals surface area (Å²) in [7, 11) is 2.87. The number of ether oxygens (including phenoxy) is 4. The minimum absolute atomic E-state index is 0.122. The molecule has 1 atom stereocenters. The molecule has 0 saturated carbocycles. The number of hydrogen-bond donors (Lipinski definition) is 0. The van der Waals surface area contributed by atoms with Gasteiger partial charge in [0.05, 0.1) is 25.2 Å². The first kappa shape index (κ1) is 26.3. The van der Waals surface area contributed by atoms with E-state index in [0.717, 1.165) is 11.1 Å². The maximum absolute atomic E-state index is 13.5. The van der Waals surface area contributed by atoms with Gasteiger partial charge in [-0.3, -0.25) is 4.79 Å². The van der Waals surface area contributed by atoms with Crippen molar-refractivity contribution in [3.63, 3.8) is 0 Å². The Morgan fingerprint density at radius 2 is 1.54 bits per heavy atom. The van der Waals surface area contributed by atoms with Crippen LogP contribution in [0.5, 0.6) is 23.0 Å². The average Bonchev–Trinajstić information content (AvgIpc) is 2.89. The Balaban J connectivity index is 1.89. The molecule has 192 valence electrons. The maximum Gasteiger partial charge on any atom is 0.344 e. The van der Waals surface area contributed by atoms with Crippen molar-refractivity contribution in [1.29, 1.82) is 0 Å². The van der Waals surface area contributed by atoms with E-state index in [1.807, 2.05) is 63.3 Å². The number of carbonyl (C=O) groups is 2. The fraction of sp³-hybridized carbons (Fsp3) is 0.267. The van der Waals surface area contributed by atoms with Crippen LogP contribution in [0.2, 0.25) is 5.02 Å². The van der Waals surface area contributed by atoms with Crippen LogP contribution in [0.4, 0.5) is 0 Å². The van der Waals surface area contributed by atoms with Gasteiger partial charge in [-0.15, -0.1) is 0 Å². The molecule has 0 fully saturated rings. The Labute approximate surface area is 221 Å². The van der Waals surface area contributed by atoms with Crippen molar-refractivity contribution in [1.82, 2.24) is 0 Å². The molecule has 1 aliphatic rings. The van der Waals surface area contributed by atoms with Gasteiger partial charge >= 0.3 is 11.9 Å². The molecule has 37 heavy (non-hydrogen) atoms. The lowest BCUT2D eigenvalue weighted by Crippen LogP contribution is -2.33. The number of allylic oxidation sites excluding steroid dienone is 3. The zero-order valence-corrected chi connectivity index (χ0v) is 22.3. The standard InChI is InChI=1S/C30H29ClO6/c1-6-30(15-8-7-9-16-30)29(33)37-25-22-17-20(31)13-14-21(22)24(26(34-4)27(25)35-5)36-28(32)23-18(2)11-10-12-19(23)3/h7-15,17H,6,16H2,1-5H3. The summed E-state index contributed by atoms with van der Waals surface area (Å²) in [6.45, 7) is 5.63. The van der Waals surface area contributed by atoms with Crippen LogP contribution in [0, 0.1) is 19.3 Å². The van der Waals surface area contributed by atoms with Crippen LogP contribution in [0.3, 0.4) is 0 Å². The van der Waals surface area contributed by atoms with E-state index in [1.165, 1.54) is 14.2 Å². The predicted molar refractivity (Wildman–Crippen MR) is 144 cm³/mol. The number of esters is 2. The molecule has 3 aromatic carbocycles. The number of fused-ring (bicyclic) bond motifs is 1.